The SMILES string of the molecule is c1ccc(-c2noc(CN(Cc3ccco3)C3CCCC3)n2)cc1. The van der Waals surface area contributed by atoms with Crippen molar-refractivity contribution in [2.45, 2.75) is 44.8 Å². The van der Waals surface area contributed by atoms with Gasteiger partial charge in [-0.2, -0.15) is 4.98 Å². The summed E-state index contributed by atoms with van der Waals surface area (Å²) in [7, 11) is 0. The molecule has 0 bridgehead atoms. The van der Waals surface area contributed by atoms with E-state index in [1.807, 2.05) is 42.5 Å². The molecule has 1 aliphatic rings. The Labute approximate surface area is 141 Å². The molecule has 1 fully saturated rings. The van der Waals surface area contributed by atoms with Crippen LogP contribution in [0, 0.1) is 0 Å². The zero-order valence-corrected chi connectivity index (χ0v) is 13.6. The van der Waals surface area contributed by atoms with Crippen LogP contribution < -0.4 is 0 Å². The first-order valence-corrected chi connectivity index (χ1v) is 8.53. The number of rotatable bonds is 6. The van der Waals surface area contributed by atoms with Crippen LogP contribution in [0.4, 0.5) is 0 Å². The van der Waals surface area contributed by atoms with Crippen LogP contribution >= 0.6 is 0 Å². The van der Waals surface area contributed by atoms with E-state index < -0.39 is 0 Å². The molecule has 0 aliphatic heterocycles. The second kappa shape index (κ2) is 7.01. The summed E-state index contributed by atoms with van der Waals surface area (Å²) in [4.78, 5) is 6.97. The molecule has 0 radical (unpaired) electrons. The van der Waals surface area contributed by atoms with Crippen LogP contribution in [-0.4, -0.2) is 21.1 Å². The lowest BCUT2D eigenvalue weighted by molar-refractivity contribution is 0.146. The zero-order chi connectivity index (χ0) is 16.2. The molecule has 4 rings (SSSR count). The topological polar surface area (TPSA) is 55.3 Å². The summed E-state index contributed by atoms with van der Waals surface area (Å²) >= 11 is 0. The molecule has 2 heterocycles. The molecular weight excluding hydrogens is 302 g/mol. The Hall–Kier alpha value is -2.40. The van der Waals surface area contributed by atoms with Crippen molar-refractivity contribution >= 4 is 0 Å². The van der Waals surface area contributed by atoms with E-state index in [1.165, 1.54) is 25.7 Å². The minimum atomic E-state index is 0.558. The summed E-state index contributed by atoms with van der Waals surface area (Å²) in [6.07, 6.45) is 6.75. The van der Waals surface area contributed by atoms with Crippen molar-refractivity contribution in [1.29, 1.82) is 0 Å². The highest BCUT2D eigenvalue weighted by Gasteiger charge is 2.25. The lowest BCUT2D eigenvalue weighted by atomic mass is 10.2. The van der Waals surface area contributed by atoms with Gasteiger partial charge in [-0.1, -0.05) is 48.3 Å². The van der Waals surface area contributed by atoms with E-state index >= 15 is 0 Å². The van der Waals surface area contributed by atoms with Crippen LogP contribution in [-0.2, 0) is 13.1 Å². The maximum absolute atomic E-state index is 5.53. The van der Waals surface area contributed by atoms with E-state index in [0.717, 1.165) is 17.9 Å². The molecule has 124 valence electrons. The molecule has 0 unspecified atom stereocenters. The van der Waals surface area contributed by atoms with Gasteiger partial charge in [-0.25, -0.2) is 0 Å². The van der Waals surface area contributed by atoms with Crippen molar-refractivity contribution in [1.82, 2.24) is 15.0 Å². The molecule has 0 atom stereocenters. The number of benzene rings is 1. The third kappa shape index (κ3) is 3.41. The molecular formula is C19H21N3O2. The smallest absolute Gasteiger partial charge is 0.241 e. The van der Waals surface area contributed by atoms with E-state index in [2.05, 4.69) is 15.0 Å². The van der Waals surface area contributed by atoms with E-state index in [9.17, 15) is 0 Å². The van der Waals surface area contributed by atoms with E-state index in [-0.39, 0.29) is 0 Å². The van der Waals surface area contributed by atoms with E-state index in [4.69, 9.17) is 8.94 Å². The van der Waals surface area contributed by atoms with Crippen LogP contribution in [0.15, 0.2) is 57.7 Å². The zero-order valence-electron chi connectivity index (χ0n) is 13.6. The Morgan fingerprint density at radius 1 is 1.00 bits per heavy atom. The molecule has 3 aromatic rings. The molecule has 0 amide bonds. The standard InChI is InChI=1S/C19H21N3O2/c1-2-7-15(8-3-1)19-20-18(24-21-19)14-22(16-9-4-5-10-16)13-17-11-6-12-23-17/h1-3,6-8,11-12,16H,4-5,9-10,13-14H2. The Bertz CT molecular complexity index is 746. The minimum absolute atomic E-state index is 0.558. The van der Waals surface area contributed by atoms with Gasteiger partial charge in [0.05, 0.1) is 19.4 Å². The fourth-order valence-corrected chi connectivity index (χ4v) is 3.38. The van der Waals surface area contributed by atoms with E-state index in [1.54, 1.807) is 6.26 Å². The highest BCUT2D eigenvalue weighted by Crippen LogP contribution is 2.27. The third-order valence-electron chi connectivity index (χ3n) is 4.62. The first-order valence-electron chi connectivity index (χ1n) is 8.53. The lowest BCUT2D eigenvalue weighted by Crippen LogP contribution is -2.32. The van der Waals surface area contributed by atoms with Crippen LogP contribution in [0.25, 0.3) is 11.4 Å². The Balaban J connectivity index is 1.50. The van der Waals surface area contributed by atoms with E-state index in [0.29, 0.717) is 24.3 Å². The Kier molecular flexibility index (Phi) is 4.42. The molecule has 5 heteroatoms. The normalized spacial score (nSPS) is 15.4. The van der Waals surface area contributed by atoms with Gasteiger partial charge in [0.25, 0.3) is 0 Å². The largest absolute Gasteiger partial charge is 0.468 e. The molecule has 24 heavy (non-hydrogen) atoms. The Morgan fingerprint density at radius 2 is 1.83 bits per heavy atom. The van der Waals surface area contributed by atoms with Crippen LogP contribution in [0.3, 0.4) is 0 Å². The maximum Gasteiger partial charge on any atom is 0.241 e. The first kappa shape index (κ1) is 15.1. The van der Waals surface area contributed by atoms with Gasteiger partial charge in [0.2, 0.25) is 11.7 Å². The average Bonchev–Trinajstić information content (AvgIpc) is 3.38. The van der Waals surface area contributed by atoms with Gasteiger partial charge in [-0.3, -0.25) is 4.90 Å². The first-order chi connectivity index (χ1) is 11.9. The molecule has 0 saturated heterocycles. The number of hydrogen-bond acceptors (Lipinski definition) is 5. The number of nitrogens with zero attached hydrogens (tertiary/aromatic N) is 3. The lowest BCUT2D eigenvalue weighted by Gasteiger charge is -2.26. The predicted molar refractivity (Wildman–Crippen MR) is 89.9 cm³/mol. The van der Waals surface area contributed by atoms with Crippen molar-refractivity contribution < 1.29 is 8.94 Å². The van der Waals surface area contributed by atoms with Gasteiger partial charge in [0, 0.05) is 11.6 Å². The fraction of sp³-hybridized carbons (Fsp3) is 0.368. The van der Waals surface area contributed by atoms with Gasteiger partial charge in [0.1, 0.15) is 5.76 Å². The molecule has 1 saturated carbocycles. The molecule has 2 aromatic heterocycles. The summed E-state index contributed by atoms with van der Waals surface area (Å²) in [6.45, 7) is 1.44. The minimum Gasteiger partial charge on any atom is -0.468 e. The summed E-state index contributed by atoms with van der Waals surface area (Å²) < 4.78 is 11.0. The highest BCUT2D eigenvalue weighted by atomic mass is 16.5. The molecule has 1 aromatic carbocycles. The van der Waals surface area contributed by atoms with Crippen molar-refractivity contribution in [3.8, 4) is 11.4 Å². The maximum atomic E-state index is 5.53. The molecule has 5 nitrogen and oxygen atoms in total. The number of hydrogen-bond donors (Lipinski definition) is 0. The molecule has 1 aliphatic carbocycles. The summed E-state index contributed by atoms with van der Waals surface area (Å²) in [6, 6.07) is 14.4. The van der Waals surface area contributed by atoms with Gasteiger partial charge < -0.3 is 8.94 Å². The highest BCUT2D eigenvalue weighted by molar-refractivity contribution is 5.53. The van der Waals surface area contributed by atoms with Crippen LogP contribution in [0.2, 0.25) is 0 Å². The average molecular weight is 323 g/mol. The second-order valence-electron chi connectivity index (χ2n) is 6.30. The van der Waals surface area contributed by atoms with Gasteiger partial charge in [-0.15, -0.1) is 0 Å². The molecule has 0 spiro atoms. The van der Waals surface area contributed by atoms with Crippen molar-refractivity contribution in [3.63, 3.8) is 0 Å². The summed E-state index contributed by atoms with van der Waals surface area (Å²) in [5.74, 6) is 2.28. The van der Waals surface area contributed by atoms with Crippen molar-refractivity contribution in [2.24, 2.45) is 0 Å². The predicted octanol–water partition coefficient (Wildman–Crippen LogP) is 4.27. The van der Waals surface area contributed by atoms with Gasteiger partial charge >= 0.3 is 0 Å². The quantitative estimate of drug-likeness (QED) is 0.678. The van der Waals surface area contributed by atoms with Crippen LogP contribution in [0.1, 0.15) is 37.3 Å². The van der Waals surface area contributed by atoms with Gasteiger partial charge in [-0.05, 0) is 25.0 Å². The van der Waals surface area contributed by atoms with Crippen molar-refractivity contribution in [2.75, 3.05) is 0 Å². The van der Waals surface area contributed by atoms with Crippen LogP contribution in [0.5, 0.6) is 0 Å². The third-order valence-corrected chi connectivity index (χ3v) is 4.62. The van der Waals surface area contributed by atoms with Crippen molar-refractivity contribution in [3.05, 3.63) is 60.4 Å². The summed E-state index contributed by atoms with van der Waals surface area (Å²) in [5, 5.41) is 4.13. The number of furan rings is 1. The second-order valence-corrected chi connectivity index (χ2v) is 6.30. The fourth-order valence-electron chi connectivity index (χ4n) is 3.38. The summed E-state index contributed by atoms with van der Waals surface area (Å²) in [5.41, 5.74) is 0.978. The number of aromatic nitrogens is 2. The molecule has 0 N–H and O–H groups in total. The monoisotopic (exact) mass is 323 g/mol. The Morgan fingerprint density at radius 3 is 2.58 bits per heavy atom. The van der Waals surface area contributed by atoms with Gasteiger partial charge in [0.15, 0.2) is 0 Å².